The highest BCUT2D eigenvalue weighted by molar-refractivity contribution is 6.13. The molecular weight excluding hydrogens is 340 g/mol. The second kappa shape index (κ2) is 8.45. The minimum Gasteiger partial charge on any atom is -0.484 e. The summed E-state index contributed by atoms with van der Waals surface area (Å²) in [5.41, 5.74) is 1.91. The number of nitrogens with zero attached hydrogens (tertiary/aromatic N) is 1. The van der Waals surface area contributed by atoms with E-state index in [1.54, 1.807) is 72.8 Å². The number of benzene rings is 3. The molecule has 0 aliphatic rings. The molecule has 0 fully saturated rings. The number of para-hydroxylation sites is 1. The fourth-order valence-corrected chi connectivity index (χ4v) is 2.50. The van der Waals surface area contributed by atoms with Gasteiger partial charge in [-0.2, -0.15) is 5.26 Å². The molecule has 0 aliphatic heterocycles. The fourth-order valence-electron chi connectivity index (χ4n) is 2.50. The molecule has 3 aromatic carbocycles. The van der Waals surface area contributed by atoms with Gasteiger partial charge in [0, 0.05) is 11.1 Å². The van der Waals surface area contributed by atoms with E-state index in [4.69, 9.17) is 10.00 Å². The van der Waals surface area contributed by atoms with Crippen LogP contribution < -0.4 is 10.1 Å². The highest BCUT2D eigenvalue weighted by atomic mass is 16.5. The maximum absolute atomic E-state index is 12.7. The van der Waals surface area contributed by atoms with Gasteiger partial charge in [-0.15, -0.1) is 0 Å². The van der Waals surface area contributed by atoms with Crippen LogP contribution in [0.4, 0.5) is 5.69 Å². The first-order valence-electron chi connectivity index (χ1n) is 8.29. The quantitative estimate of drug-likeness (QED) is 0.681. The summed E-state index contributed by atoms with van der Waals surface area (Å²) in [5, 5.41) is 11.5. The molecule has 3 rings (SSSR count). The van der Waals surface area contributed by atoms with Crippen LogP contribution in [0.5, 0.6) is 5.75 Å². The van der Waals surface area contributed by atoms with Crippen LogP contribution in [0.1, 0.15) is 21.5 Å². The largest absolute Gasteiger partial charge is 0.484 e. The first-order valence-corrected chi connectivity index (χ1v) is 8.29. The van der Waals surface area contributed by atoms with Crippen LogP contribution in [-0.4, -0.2) is 18.3 Å². The third-order valence-electron chi connectivity index (χ3n) is 3.84. The van der Waals surface area contributed by atoms with Crippen molar-refractivity contribution in [2.75, 3.05) is 11.9 Å². The van der Waals surface area contributed by atoms with Crippen LogP contribution in [0, 0.1) is 11.3 Å². The summed E-state index contributed by atoms with van der Waals surface area (Å²) in [4.78, 5) is 24.9. The molecule has 3 aromatic rings. The summed E-state index contributed by atoms with van der Waals surface area (Å²) in [6.07, 6.45) is 0. The summed E-state index contributed by atoms with van der Waals surface area (Å²) >= 11 is 0. The Kier molecular flexibility index (Phi) is 5.60. The molecule has 0 unspecified atom stereocenters. The zero-order chi connectivity index (χ0) is 19.1. The second-order valence-electron chi connectivity index (χ2n) is 5.71. The topological polar surface area (TPSA) is 79.2 Å². The van der Waals surface area contributed by atoms with Crippen molar-refractivity contribution in [3.63, 3.8) is 0 Å². The van der Waals surface area contributed by atoms with Crippen LogP contribution >= 0.6 is 0 Å². The van der Waals surface area contributed by atoms with E-state index >= 15 is 0 Å². The molecule has 0 aromatic heterocycles. The number of ketones is 1. The minimum atomic E-state index is -0.382. The van der Waals surface area contributed by atoms with E-state index < -0.39 is 0 Å². The Labute approximate surface area is 156 Å². The van der Waals surface area contributed by atoms with E-state index in [9.17, 15) is 9.59 Å². The molecule has 5 heteroatoms. The van der Waals surface area contributed by atoms with Gasteiger partial charge < -0.3 is 10.1 Å². The van der Waals surface area contributed by atoms with Gasteiger partial charge in [0.05, 0.1) is 17.3 Å². The van der Waals surface area contributed by atoms with Crippen LogP contribution in [0.2, 0.25) is 0 Å². The lowest BCUT2D eigenvalue weighted by Gasteiger charge is -2.11. The smallest absolute Gasteiger partial charge is 0.262 e. The lowest BCUT2D eigenvalue weighted by atomic mass is 10.0. The van der Waals surface area contributed by atoms with Gasteiger partial charge >= 0.3 is 0 Å². The van der Waals surface area contributed by atoms with Crippen molar-refractivity contribution in [1.29, 1.82) is 5.26 Å². The van der Waals surface area contributed by atoms with Crippen LogP contribution in [0.25, 0.3) is 0 Å². The van der Waals surface area contributed by atoms with Crippen molar-refractivity contribution in [3.05, 3.63) is 95.6 Å². The van der Waals surface area contributed by atoms with E-state index in [1.165, 1.54) is 0 Å². The van der Waals surface area contributed by atoms with E-state index in [-0.39, 0.29) is 18.3 Å². The van der Waals surface area contributed by atoms with E-state index in [1.807, 2.05) is 12.1 Å². The van der Waals surface area contributed by atoms with Gasteiger partial charge in [0.15, 0.2) is 12.4 Å². The summed E-state index contributed by atoms with van der Waals surface area (Å²) in [7, 11) is 0. The number of hydrogen-bond donors (Lipinski definition) is 1. The number of anilines is 1. The number of carbonyl (C=O) groups is 2. The Morgan fingerprint density at radius 2 is 1.56 bits per heavy atom. The van der Waals surface area contributed by atoms with E-state index in [0.29, 0.717) is 28.1 Å². The minimum absolute atomic E-state index is 0.167. The monoisotopic (exact) mass is 356 g/mol. The van der Waals surface area contributed by atoms with Crippen molar-refractivity contribution < 1.29 is 14.3 Å². The van der Waals surface area contributed by atoms with Crippen molar-refractivity contribution in [2.24, 2.45) is 0 Å². The van der Waals surface area contributed by atoms with Crippen molar-refractivity contribution in [3.8, 4) is 11.8 Å². The van der Waals surface area contributed by atoms with Crippen LogP contribution in [0.3, 0.4) is 0 Å². The first kappa shape index (κ1) is 17.9. The summed E-state index contributed by atoms with van der Waals surface area (Å²) in [5.74, 6) is -0.0648. The molecule has 27 heavy (non-hydrogen) atoms. The predicted molar refractivity (Wildman–Crippen MR) is 102 cm³/mol. The lowest BCUT2D eigenvalue weighted by Crippen LogP contribution is -2.21. The number of ether oxygens (including phenoxy) is 1. The van der Waals surface area contributed by atoms with Crippen molar-refractivity contribution >= 4 is 17.4 Å². The highest BCUT2D eigenvalue weighted by Crippen LogP contribution is 2.19. The fraction of sp³-hybridized carbons (Fsp3) is 0.0455. The number of hydrogen-bond acceptors (Lipinski definition) is 4. The molecule has 0 bridgehead atoms. The number of carbonyl (C=O) groups excluding carboxylic acids is 2. The van der Waals surface area contributed by atoms with Crippen molar-refractivity contribution in [1.82, 2.24) is 0 Å². The summed E-state index contributed by atoms with van der Waals surface area (Å²) < 4.78 is 5.42. The second-order valence-corrected chi connectivity index (χ2v) is 5.71. The molecule has 0 atom stereocenters. The van der Waals surface area contributed by atoms with Gasteiger partial charge in [-0.05, 0) is 36.4 Å². The number of rotatable bonds is 6. The normalized spacial score (nSPS) is 9.89. The standard InChI is InChI=1S/C22H16N2O3/c23-14-16-10-12-18(13-11-16)27-15-21(25)24-20-9-5-4-8-19(20)22(26)17-6-2-1-3-7-17/h1-13H,15H2,(H,24,25). The molecule has 0 aliphatic carbocycles. The third kappa shape index (κ3) is 4.59. The molecule has 1 N–H and O–H groups in total. The number of nitriles is 1. The summed E-state index contributed by atoms with van der Waals surface area (Å²) in [6.45, 7) is -0.209. The van der Waals surface area contributed by atoms with Gasteiger partial charge in [-0.3, -0.25) is 9.59 Å². The molecule has 1 amide bonds. The SMILES string of the molecule is N#Cc1ccc(OCC(=O)Nc2ccccc2C(=O)c2ccccc2)cc1. The molecule has 0 saturated heterocycles. The van der Waals surface area contributed by atoms with Crippen LogP contribution in [-0.2, 0) is 4.79 Å². The van der Waals surface area contributed by atoms with E-state index in [0.717, 1.165) is 0 Å². The zero-order valence-electron chi connectivity index (χ0n) is 14.4. The molecule has 0 radical (unpaired) electrons. The Bertz CT molecular complexity index is 990. The van der Waals surface area contributed by atoms with Crippen molar-refractivity contribution in [2.45, 2.75) is 0 Å². The Balaban J connectivity index is 1.67. The van der Waals surface area contributed by atoms with Gasteiger partial charge in [0.2, 0.25) is 0 Å². The molecule has 5 nitrogen and oxygen atoms in total. The number of nitrogens with one attached hydrogen (secondary N) is 1. The van der Waals surface area contributed by atoms with Gasteiger partial charge in [0.1, 0.15) is 5.75 Å². The van der Waals surface area contributed by atoms with Crippen LogP contribution in [0.15, 0.2) is 78.9 Å². The van der Waals surface area contributed by atoms with Gasteiger partial charge in [-0.25, -0.2) is 0 Å². The lowest BCUT2D eigenvalue weighted by molar-refractivity contribution is -0.118. The van der Waals surface area contributed by atoms with Gasteiger partial charge in [-0.1, -0.05) is 42.5 Å². The summed E-state index contributed by atoms with van der Waals surface area (Å²) in [6, 6.07) is 24.2. The maximum Gasteiger partial charge on any atom is 0.262 e. The number of amides is 1. The third-order valence-corrected chi connectivity index (χ3v) is 3.84. The zero-order valence-corrected chi connectivity index (χ0v) is 14.4. The van der Waals surface area contributed by atoms with E-state index in [2.05, 4.69) is 5.32 Å². The average molecular weight is 356 g/mol. The first-order chi connectivity index (χ1) is 13.2. The maximum atomic E-state index is 12.7. The predicted octanol–water partition coefficient (Wildman–Crippen LogP) is 3.81. The highest BCUT2D eigenvalue weighted by Gasteiger charge is 2.15. The molecule has 0 saturated carbocycles. The molecule has 0 heterocycles. The Hall–Kier alpha value is -3.91. The van der Waals surface area contributed by atoms with Gasteiger partial charge in [0.25, 0.3) is 5.91 Å². The molecular formula is C22H16N2O3. The average Bonchev–Trinajstić information content (AvgIpc) is 2.73. The molecule has 132 valence electrons. The molecule has 0 spiro atoms. The Morgan fingerprint density at radius 3 is 2.26 bits per heavy atom. The Morgan fingerprint density at radius 1 is 0.889 bits per heavy atom.